The fourth-order valence-electron chi connectivity index (χ4n) is 3.49. The highest BCUT2D eigenvalue weighted by atomic mass is 19.4. The Morgan fingerprint density at radius 1 is 1.00 bits per heavy atom. The molecule has 1 aliphatic rings. The fourth-order valence-corrected chi connectivity index (χ4v) is 3.49. The summed E-state index contributed by atoms with van der Waals surface area (Å²) < 4.78 is 41.6. The summed E-state index contributed by atoms with van der Waals surface area (Å²) in [7, 11) is 0. The molecular formula is C20H19F3N6O. The van der Waals surface area contributed by atoms with Crippen LogP contribution in [0.5, 0.6) is 0 Å². The lowest BCUT2D eigenvalue weighted by Crippen LogP contribution is -2.49. The Labute approximate surface area is 170 Å². The SMILES string of the molecule is Cc1nccn1-c1cc(N2CCN(C(=O)c3ccccc3C(F)(F)F)CC2)ncn1. The molecule has 0 atom stereocenters. The third-order valence-electron chi connectivity index (χ3n) is 5.06. The largest absolute Gasteiger partial charge is 0.417 e. The van der Waals surface area contributed by atoms with E-state index in [4.69, 9.17) is 0 Å². The number of hydrogen-bond donors (Lipinski definition) is 0. The number of alkyl halides is 3. The monoisotopic (exact) mass is 416 g/mol. The van der Waals surface area contributed by atoms with Crippen LogP contribution in [0.25, 0.3) is 5.82 Å². The van der Waals surface area contributed by atoms with Gasteiger partial charge >= 0.3 is 6.18 Å². The second kappa shape index (κ2) is 7.77. The number of piperazine rings is 1. The van der Waals surface area contributed by atoms with Crippen LogP contribution in [-0.2, 0) is 6.18 Å². The Morgan fingerprint density at radius 2 is 1.70 bits per heavy atom. The zero-order valence-corrected chi connectivity index (χ0v) is 16.2. The van der Waals surface area contributed by atoms with Crippen molar-refractivity contribution in [2.45, 2.75) is 13.1 Å². The van der Waals surface area contributed by atoms with Crippen molar-refractivity contribution in [2.75, 3.05) is 31.1 Å². The number of imidazole rings is 1. The third-order valence-corrected chi connectivity index (χ3v) is 5.06. The summed E-state index contributed by atoms with van der Waals surface area (Å²) in [4.78, 5) is 28.9. The molecule has 0 saturated carbocycles. The maximum atomic E-state index is 13.2. The summed E-state index contributed by atoms with van der Waals surface area (Å²) in [6, 6.07) is 6.71. The summed E-state index contributed by atoms with van der Waals surface area (Å²) in [6.45, 7) is 3.38. The minimum atomic E-state index is -4.57. The van der Waals surface area contributed by atoms with Crippen LogP contribution in [0.1, 0.15) is 21.7 Å². The van der Waals surface area contributed by atoms with Crippen molar-refractivity contribution in [2.24, 2.45) is 0 Å². The Balaban J connectivity index is 1.48. The van der Waals surface area contributed by atoms with Crippen LogP contribution in [0, 0.1) is 6.92 Å². The molecule has 1 saturated heterocycles. The van der Waals surface area contributed by atoms with Crippen molar-refractivity contribution in [3.8, 4) is 5.82 Å². The van der Waals surface area contributed by atoms with Gasteiger partial charge in [0, 0.05) is 44.6 Å². The van der Waals surface area contributed by atoms with Crippen LogP contribution in [0.3, 0.4) is 0 Å². The van der Waals surface area contributed by atoms with Crippen LogP contribution >= 0.6 is 0 Å². The lowest BCUT2D eigenvalue weighted by atomic mass is 10.1. The number of anilines is 1. The molecule has 0 bridgehead atoms. The van der Waals surface area contributed by atoms with Crippen molar-refractivity contribution >= 4 is 11.7 Å². The number of carbonyl (C=O) groups is 1. The smallest absolute Gasteiger partial charge is 0.353 e. The van der Waals surface area contributed by atoms with E-state index in [9.17, 15) is 18.0 Å². The number of benzene rings is 1. The number of halogens is 3. The topological polar surface area (TPSA) is 67.2 Å². The third kappa shape index (κ3) is 3.85. The van der Waals surface area contributed by atoms with Gasteiger partial charge in [-0.05, 0) is 19.1 Å². The van der Waals surface area contributed by atoms with E-state index in [-0.39, 0.29) is 5.56 Å². The zero-order valence-electron chi connectivity index (χ0n) is 16.2. The summed E-state index contributed by atoms with van der Waals surface area (Å²) in [6.07, 6.45) is 0.370. The van der Waals surface area contributed by atoms with Crippen LogP contribution in [0.4, 0.5) is 19.0 Å². The van der Waals surface area contributed by atoms with Crippen molar-refractivity contribution in [3.63, 3.8) is 0 Å². The van der Waals surface area contributed by atoms with Crippen molar-refractivity contribution in [1.29, 1.82) is 0 Å². The Bertz CT molecular complexity index is 1060. The van der Waals surface area contributed by atoms with E-state index in [2.05, 4.69) is 15.0 Å². The number of aryl methyl sites for hydroxylation is 1. The van der Waals surface area contributed by atoms with E-state index in [0.717, 1.165) is 11.9 Å². The van der Waals surface area contributed by atoms with E-state index in [1.807, 2.05) is 22.5 Å². The Hall–Kier alpha value is -3.43. The molecule has 7 nitrogen and oxygen atoms in total. The first-order chi connectivity index (χ1) is 14.3. The highest BCUT2D eigenvalue weighted by Crippen LogP contribution is 2.32. The average Bonchev–Trinajstić information content (AvgIpc) is 3.19. The molecule has 4 rings (SSSR count). The molecule has 0 spiro atoms. The van der Waals surface area contributed by atoms with Gasteiger partial charge in [-0.2, -0.15) is 13.2 Å². The van der Waals surface area contributed by atoms with E-state index in [1.54, 1.807) is 12.4 Å². The summed E-state index contributed by atoms with van der Waals surface area (Å²) in [5, 5.41) is 0. The standard InChI is InChI=1S/C20H19F3N6O/c1-14-24-6-7-29(14)18-12-17(25-13-26-18)27-8-10-28(11-9-27)19(30)15-4-2-3-5-16(15)20(21,22)23/h2-7,12-13H,8-11H2,1H3. The van der Waals surface area contributed by atoms with Crippen LogP contribution in [-0.4, -0.2) is 56.5 Å². The van der Waals surface area contributed by atoms with E-state index >= 15 is 0 Å². The minimum Gasteiger partial charge on any atom is -0.353 e. The first-order valence-corrected chi connectivity index (χ1v) is 9.37. The Morgan fingerprint density at radius 3 is 2.37 bits per heavy atom. The molecule has 0 aliphatic carbocycles. The predicted octanol–water partition coefficient (Wildman–Crippen LogP) is 2.95. The van der Waals surface area contributed by atoms with Gasteiger partial charge in [-0.25, -0.2) is 15.0 Å². The molecule has 0 radical (unpaired) electrons. The molecule has 156 valence electrons. The molecule has 10 heteroatoms. The normalized spacial score (nSPS) is 14.8. The second-order valence-electron chi connectivity index (χ2n) is 6.90. The van der Waals surface area contributed by atoms with Gasteiger partial charge in [-0.15, -0.1) is 0 Å². The number of aromatic nitrogens is 4. The summed E-state index contributed by atoms with van der Waals surface area (Å²) in [5.74, 6) is 1.54. The molecule has 2 aromatic heterocycles. The quantitative estimate of drug-likeness (QED) is 0.657. The number of hydrogen-bond acceptors (Lipinski definition) is 5. The molecular weight excluding hydrogens is 397 g/mol. The molecule has 0 N–H and O–H groups in total. The lowest BCUT2D eigenvalue weighted by molar-refractivity contribution is -0.138. The van der Waals surface area contributed by atoms with E-state index in [0.29, 0.717) is 37.8 Å². The van der Waals surface area contributed by atoms with Gasteiger partial charge in [0.05, 0.1) is 11.1 Å². The molecule has 1 fully saturated rings. The lowest BCUT2D eigenvalue weighted by Gasteiger charge is -2.35. The highest BCUT2D eigenvalue weighted by Gasteiger charge is 2.36. The van der Waals surface area contributed by atoms with Gasteiger partial charge in [-0.3, -0.25) is 9.36 Å². The number of amides is 1. The summed E-state index contributed by atoms with van der Waals surface area (Å²) in [5.41, 5.74) is -1.23. The van der Waals surface area contributed by atoms with E-state index < -0.39 is 17.6 Å². The van der Waals surface area contributed by atoms with Gasteiger partial charge in [-0.1, -0.05) is 12.1 Å². The first-order valence-electron chi connectivity index (χ1n) is 9.37. The van der Waals surface area contributed by atoms with Crippen LogP contribution in [0.15, 0.2) is 49.1 Å². The molecule has 30 heavy (non-hydrogen) atoms. The molecule has 3 aromatic rings. The highest BCUT2D eigenvalue weighted by molar-refractivity contribution is 5.96. The average molecular weight is 416 g/mol. The predicted molar refractivity (Wildman–Crippen MR) is 103 cm³/mol. The van der Waals surface area contributed by atoms with Gasteiger partial charge in [0.1, 0.15) is 23.8 Å². The van der Waals surface area contributed by atoms with Gasteiger partial charge in [0.15, 0.2) is 0 Å². The molecule has 0 unspecified atom stereocenters. The van der Waals surface area contributed by atoms with Gasteiger partial charge in [0.25, 0.3) is 5.91 Å². The second-order valence-corrected chi connectivity index (χ2v) is 6.90. The molecule has 3 heterocycles. The first kappa shape index (κ1) is 19.9. The van der Waals surface area contributed by atoms with E-state index in [1.165, 1.54) is 29.4 Å². The maximum absolute atomic E-state index is 13.2. The van der Waals surface area contributed by atoms with Crippen molar-refractivity contribution in [1.82, 2.24) is 24.4 Å². The number of carbonyl (C=O) groups excluding carboxylic acids is 1. The van der Waals surface area contributed by atoms with Gasteiger partial charge in [0.2, 0.25) is 0 Å². The van der Waals surface area contributed by atoms with Crippen LogP contribution < -0.4 is 4.90 Å². The number of rotatable bonds is 3. The van der Waals surface area contributed by atoms with Crippen molar-refractivity contribution < 1.29 is 18.0 Å². The summed E-state index contributed by atoms with van der Waals surface area (Å²) >= 11 is 0. The fraction of sp³-hybridized carbons (Fsp3) is 0.300. The van der Waals surface area contributed by atoms with Crippen molar-refractivity contribution in [3.05, 3.63) is 66.0 Å². The van der Waals surface area contributed by atoms with Crippen LogP contribution in [0.2, 0.25) is 0 Å². The number of nitrogens with zero attached hydrogens (tertiary/aromatic N) is 6. The maximum Gasteiger partial charge on any atom is 0.417 e. The molecule has 1 aliphatic heterocycles. The zero-order chi connectivity index (χ0) is 21.3. The Kier molecular flexibility index (Phi) is 5.15. The molecule has 1 aromatic carbocycles. The van der Waals surface area contributed by atoms with Gasteiger partial charge < -0.3 is 9.80 Å². The minimum absolute atomic E-state index is 0.300. The molecule has 1 amide bonds.